The monoisotopic (exact) mass is 232 g/mol. The second kappa shape index (κ2) is 6.13. The zero-order valence-corrected chi connectivity index (χ0v) is 11.2. The molecule has 15 heavy (non-hydrogen) atoms. The summed E-state index contributed by atoms with van der Waals surface area (Å²) in [6.07, 6.45) is 1.66. The fourth-order valence-corrected chi connectivity index (χ4v) is 1.54. The highest BCUT2D eigenvalue weighted by atomic mass is 35.5. The number of nitrogens with zero attached hydrogens (tertiary/aromatic N) is 2. The van der Waals surface area contributed by atoms with Gasteiger partial charge in [0, 0.05) is 7.11 Å². The highest BCUT2D eigenvalue weighted by Gasteiger charge is 2.23. The lowest BCUT2D eigenvalue weighted by molar-refractivity contribution is 0.0999. The molecule has 4 heteroatoms. The fraction of sp³-hybridized carbons (Fsp3) is 0.727. The van der Waals surface area contributed by atoms with Gasteiger partial charge in [-0.15, -0.1) is 0 Å². The van der Waals surface area contributed by atoms with Crippen LogP contribution in [0.5, 0.6) is 0 Å². The number of hydrogen-bond donors (Lipinski definition) is 0. The fourth-order valence-electron chi connectivity index (χ4n) is 1.41. The summed E-state index contributed by atoms with van der Waals surface area (Å²) in [7, 11) is 1.68. The summed E-state index contributed by atoms with van der Waals surface area (Å²) in [6, 6.07) is 0. The topological polar surface area (TPSA) is 27.1 Å². The molecular weight excluding hydrogens is 212 g/mol. The molecule has 0 radical (unpaired) electrons. The van der Waals surface area contributed by atoms with Gasteiger partial charge in [0.1, 0.15) is 0 Å². The first-order valence-corrected chi connectivity index (χ1v) is 5.56. The first-order chi connectivity index (χ1) is 6.99. The van der Waals surface area contributed by atoms with Crippen molar-refractivity contribution in [2.24, 2.45) is 0 Å². The van der Waals surface area contributed by atoms with Crippen molar-refractivity contribution in [3.8, 4) is 0 Å². The quantitative estimate of drug-likeness (QED) is 0.800. The van der Waals surface area contributed by atoms with Gasteiger partial charge in [0.2, 0.25) is 0 Å². The number of hydrogen-bond acceptors (Lipinski definition) is 2. The molecular formula is C11H21ClN2O. The van der Waals surface area contributed by atoms with Crippen molar-refractivity contribution in [3.05, 3.63) is 16.9 Å². The van der Waals surface area contributed by atoms with Crippen molar-refractivity contribution in [1.82, 2.24) is 9.78 Å². The molecule has 1 aromatic heterocycles. The van der Waals surface area contributed by atoms with Crippen LogP contribution in [0.2, 0.25) is 5.02 Å². The molecule has 88 valence electrons. The molecule has 3 nitrogen and oxygen atoms in total. The van der Waals surface area contributed by atoms with Crippen molar-refractivity contribution in [3.63, 3.8) is 0 Å². The number of methoxy groups -OCH3 is 1. The van der Waals surface area contributed by atoms with Crippen LogP contribution in [0.3, 0.4) is 0 Å². The van der Waals surface area contributed by atoms with Crippen LogP contribution in [0, 0.1) is 6.92 Å². The van der Waals surface area contributed by atoms with Crippen LogP contribution in [-0.4, -0.2) is 23.5 Å². The molecule has 0 atom stereocenters. The van der Waals surface area contributed by atoms with Crippen molar-refractivity contribution in [2.45, 2.75) is 40.2 Å². The maximum Gasteiger partial charge on any atom is 0.0815 e. The lowest BCUT2D eigenvalue weighted by Gasteiger charge is -2.25. The molecule has 0 saturated carbocycles. The van der Waals surface area contributed by atoms with Crippen LogP contribution in [0.4, 0.5) is 0 Å². The molecule has 0 unspecified atom stereocenters. The van der Waals surface area contributed by atoms with Gasteiger partial charge in [-0.25, -0.2) is 0 Å². The van der Waals surface area contributed by atoms with Gasteiger partial charge in [0.15, 0.2) is 0 Å². The Morgan fingerprint density at radius 3 is 2.33 bits per heavy atom. The molecule has 0 aromatic carbocycles. The van der Waals surface area contributed by atoms with Gasteiger partial charge in [-0.2, -0.15) is 5.10 Å². The Hall–Kier alpha value is -0.540. The van der Waals surface area contributed by atoms with Crippen LogP contribution in [-0.2, 0) is 10.3 Å². The van der Waals surface area contributed by atoms with Crippen LogP contribution in [0.15, 0.2) is 6.20 Å². The molecule has 0 fully saturated rings. The predicted molar refractivity (Wildman–Crippen MR) is 64.5 cm³/mol. The van der Waals surface area contributed by atoms with E-state index in [1.807, 2.05) is 25.5 Å². The van der Waals surface area contributed by atoms with E-state index in [1.165, 1.54) is 0 Å². The minimum absolute atomic E-state index is 0.147. The number of halogens is 1. The molecule has 0 amide bonds. The number of rotatable bonds is 3. The van der Waals surface area contributed by atoms with Gasteiger partial charge in [0.25, 0.3) is 0 Å². The Bertz CT molecular complexity index is 295. The van der Waals surface area contributed by atoms with Crippen LogP contribution in [0.1, 0.15) is 33.4 Å². The Balaban J connectivity index is 0.000000921. The lowest BCUT2D eigenvalue weighted by atomic mass is 10.1. The normalized spacial score (nSPS) is 10.9. The number of aromatic nitrogens is 2. The Kier molecular flexibility index (Phi) is 5.91. The molecule has 0 saturated heterocycles. The van der Waals surface area contributed by atoms with Crippen molar-refractivity contribution in [2.75, 3.05) is 13.7 Å². The van der Waals surface area contributed by atoms with Gasteiger partial charge in [0.05, 0.1) is 29.1 Å². The highest BCUT2D eigenvalue weighted by molar-refractivity contribution is 6.31. The van der Waals surface area contributed by atoms with E-state index in [1.54, 1.807) is 13.3 Å². The average Bonchev–Trinajstić information content (AvgIpc) is 2.51. The summed E-state index contributed by atoms with van der Waals surface area (Å²) >= 11 is 5.91. The van der Waals surface area contributed by atoms with Crippen molar-refractivity contribution >= 4 is 11.6 Å². The SMILES string of the molecule is CC.COCC(C)(C)n1ncc(Cl)c1C. The molecule has 1 aromatic rings. The molecule has 1 heterocycles. The highest BCUT2D eigenvalue weighted by Crippen LogP contribution is 2.21. The summed E-state index contributed by atoms with van der Waals surface area (Å²) < 4.78 is 7.01. The minimum atomic E-state index is -0.147. The van der Waals surface area contributed by atoms with E-state index >= 15 is 0 Å². The Morgan fingerprint density at radius 1 is 1.47 bits per heavy atom. The Labute approximate surface area is 97.4 Å². The second-order valence-corrected chi connectivity index (χ2v) is 4.14. The van der Waals surface area contributed by atoms with E-state index in [0.29, 0.717) is 11.6 Å². The van der Waals surface area contributed by atoms with E-state index in [-0.39, 0.29) is 5.54 Å². The zero-order valence-electron chi connectivity index (χ0n) is 10.5. The van der Waals surface area contributed by atoms with Crippen LogP contribution >= 0.6 is 11.6 Å². The van der Waals surface area contributed by atoms with Gasteiger partial charge in [-0.3, -0.25) is 4.68 Å². The summed E-state index contributed by atoms with van der Waals surface area (Å²) in [5.74, 6) is 0. The molecule has 0 aliphatic carbocycles. The van der Waals surface area contributed by atoms with Gasteiger partial charge in [-0.1, -0.05) is 25.4 Å². The maximum atomic E-state index is 5.91. The predicted octanol–water partition coefficient (Wildman–Crippen LogP) is 3.25. The molecule has 0 aliphatic heterocycles. The summed E-state index contributed by atoms with van der Waals surface area (Å²) in [6.45, 7) is 10.7. The van der Waals surface area contributed by atoms with E-state index in [4.69, 9.17) is 16.3 Å². The summed E-state index contributed by atoms with van der Waals surface area (Å²) in [5.41, 5.74) is 0.829. The van der Waals surface area contributed by atoms with E-state index in [9.17, 15) is 0 Å². The summed E-state index contributed by atoms with van der Waals surface area (Å²) in [5, 5.41) is 4.91. The number of ether oxygens (including phenoxy) is 1. The third-order valence-electron chi connectivity index (χ3n) is 2.02. The molecule has 1 rings (SSSR count). The van der Waals surface area contributed by atoms with Crippen LogP contribution < -0.4 is 0 Å². The standard InChI is InChI=1S/C9H15ClN2O.C2H6/c1-7-8(10)5-11-12(7)9(2,3)6-13-4;1-2/h5H,6H2,1-4H3;1-2H3. The van der Waals surface area contributed by atoms with Gasteiger partial charge >= 0.3 is 0 Å². The second-order valence-electron chi connectivity index (χ2n) is 3.74. The molecule has 0 N–H and O–H groups in total. The van der Waals surface area contributed by atoms with Gasteiger partial charge in [-0.05, 0) is 20.8 Å². The summed E-state index contributed by atoms with van der Waals surface area (Å²) in [4.78, 5) is 0. The minimum Gasteiger partial charge on any atom is -0.382 e. The maximum absolute atomic E-state index is 5.91. The van der Waals surface area contributed by atoms with Crippen molar-refractivity contribution < 1.29 is 4.74 Å². The third kappa shape index (κ3) is 3.50. The lowest BCUT2D eigenvalue weighted by Crippen LogP contribution is -2.33. The first-order valence-electron chi connectivity index (χ1n) is 5.18. The first kappa shape index (κ1) is 14.5. The van der Waals surface area contributed by atoms with E-state index in [0.717, 1.165) is 5.69 Å². The van der Waals surface area contributed by atoms with E-state index < -0.39 is 0 Å². The zero-order chi connectivity index (χ0) is 12.1. The van der Waals surface area contributed by atoms with Crippen molar-refractivity contribution in [1.29, 1.82) is 0 Å². The van der Waals surface area contributed by atoms with Gasteiger partial charge < -0.3 is 4.74 Å². The average molecular weight is 233 g/mol. The smallest absolute Gasteiger partial charge is 0.0815 e. The third-order valence-corrected chi connectivity index (χ3v) is 2.39. The molecule has 0 bridgehead atoms. The largest absolute Gasteiger partial charge is 0.382 e. The molecule has 0 aliphatic rings. The van der Waals surface area contributed by atoms with E-state index in [2.05, 4.69) is 18.9 Å². The molecule has 0 spiro atoms. The van der Waals surface area contributed by atoms with Crippen LogP contribution in [0.25, 0.3) is 0 Å². The Morgan fingerprint density at radius 2 is 2.00 bits per heavy atom.